The molecule has 3 heteroatoms. The van der Waals surface area contributed by atoms with Gasteiger partial charge in [0.25, 0.3) is 0 Å². The van der Waals surface area contributed by atoms with Crippen molar-refractivity contribution in [1.29, 1.82) is 0 Å². The Morgan fingerprint density at radius 2 is 2.00 bits per heavy atom. The van der Waals surface area contributed by atoms with E-state index >= 15 is 0 Å². The van der Waals surface area contributed by atoms with E-state index in [4.69, 9.17) is 4.74 Å². The average Bonchev–Trinajstić information content (AvgIpc) is 2.50. The summed E-state index contributed by atoms with van der Waals surface area (Å²) in [5.41, 5.74) is -0.0133. The fourth-order valence-electron chi connectivity index (χ4n) is 3.90. The zero-order chi connectivity index (χ0) is 13.4. The molecule has 2 saturated heterocycles. The molecule has 18 heavy (non-hydrogen) atoms. The zero-order valence-electron chi connectivity index (χ0n) is 12.8. The highest BCUT2D eigenvalue weighted by Crippen LogP contribution is 2.41. The highest BCUT2D eigenvalue weighted by Gasteiger charge is 2.49. The molecule has 2 heterocycles. The van der Waals surface area contributed by atoms with Gasteiger partial charge < -0.3 is 10.1 Å². The molecular formula is C15H30N2O. The second-order valence-corrected chi connectivity index (χ2v) is 7.02. The minimum atomic E-state index is -0.0308. The Bertz CT molecular complexity index is 282. The van der Waals surface area contributed by atoms with Crippen LogP contribution in [0.15, 0.2) is 0 Å². The minimum absolute atomic E-state index is 0.0175. The Labute approximate surface area is 112 Å². The number of hydrogen-bond acceptors (Lipinski definition) is 3. The molecule has 0 saturated carbocycles. The zero-order valence-corrected chi connectivity index (χ0v) is 12.8. The first-order valence-electron chi connectivity index (χ1n) is 7.52. The summed E-state index contributed by atoms with van der Waals surface area (Å²) in [6.07, 6.45) is 3.77. The Morgan fingerprint density at radius 3 is 2.44 bits per heavy atom. The fourth-order valence-corrected chi connectivity index (χ4v) is 3.90. The number of ether oxygens (including phenoxy) is 1. The lowest BCUT2D eigenvalue weighted by Crippen LogP contribution is -2.55. The molecule has 2 atom stereocenters. The van der Waals surface area contributed by atoms with Crippen LogP contribution in [0, 0.1) is 0 Å². The molecule has 0 amide bonds. The van der Waals surface area contributed by atoms with Crippen LogP contribution in [0.2, 0.25) is 0 Å². The molecule has 0 aromatic rings. The predicted octanol–water partition coefficient (Wildman–Crippen LogP) is 2.41. The lowest BCUT2D eigenvalue weighted by atomic mass is 9.90. The Hall–Kier alpha value is -0.120. The van der Waals surface area contributed by atoms with Crippen LogP contribution < -0.4 is 5.32 Å². The molecule has 0 radical (unpaired) electrons. The molecule has 0 aromatic carbocycles. The summed E-state index contributed by atoms with van der Waals surface area (Å²) >= 11 is 0. The molecule has 2 fully saturated rings. The van der Waals surface area contributed by atoms with Gasteiger partial charge >= 0.3 is 0 Å². The third kappa shape index (κ3) is 2.89. The van der Waals surface area contributed by atoms with Crippen LogP contribution in [0.3, 0.4) is 0 Å². The van der Waals surface area contributed by atoms with Crippen molar-refractivity contribution in [2.24, 2.45) is 0 Å². The summed E-state index contributed by atoms with van der Waals surface area (Å²) in [5.74, 6) is 0. The summed E-state index contributed by atoms with van der Waals surface area (Å²) < 4.78 is 6.26. The van der Waals surface area contributed by atoms with Crippen LogP contribution in [-0.2, 0) is 4.74 Å². The molecule has 1 N–H and O–H groups in total. The van der Waals surface area contributed by atoms with Gasteiger partial charge in [-0.05, 0) is 60.0 Å². The molecule has 0 aromatic heterocycles. The SMILES string of the molecule is CCN(C1CCCNC1)C1CC(C)(C)OC1(C)C. The molecule has 0 bridgehead atoms. The van der Waals surface area contributed by atoms with Crippen molar-refractivity contribution in [2.75, 3.05) is 19.6 Å². The maximum Gasteiger partial charge on any atom is 0.0789 e. The highest BCUT2D eigenvalue weighted by molar-refractivity contribution is 5.01. The smallest absolute Gasteiger partial charge is 0.0789 e. The second kappa shape index (κ2) is 5.10. The van der Waals surface area contributed by atoms with Gasteiger partial charge in [-0.1, -0.05) is 6.92 Å². The number of hydrogen-bond donors (Lipinski definition) is 1. The first-order valence-corrected chi connectivity index (χ1v) is 7.52. The largest absolute Gasteiger partial charge is 0.368 e. The molecule has 0 spiro atoms. The van der Waals surface area contributed by atoms with Gasteiger partial charge in [0.2, 0.25) is 0 Å². The van der Waals surface area contributed by atoms with E-state index in [-0.39, 0.29) is 11.2 Å². The highest BCUT2D eigenvalue weighted by atomic mass is 16.5. The standard InChI is InChI=1S/C15H30N2O/c1-6-17(12-8-7-9-16-11-12)13-10-14(2,3)18-15(13,4)5/h12-13,16H,6-11H2,1-5H3. The van der Waals surface area contributed by atoms with Crippen LogP contribution in [0.25, 0.3) is 0 Å². The molecule has 106 valence electrons. The molecule has 2 aliphatic heterocycles. The third-order valence-corrected chi connectivity index (χ3v) is 4.53. The Morgan fingerprint density at radius 1 is 1.28 bits per heavy atom. The van der Waals surface area contributed by atoms with Crippen molar-refractivity contribution in [3.05, 3.63) is 0 Å². The van der Waals surface area contributed by atoms with E-state index in [1.165, 1.54) is 19.4 Å². The summed E-state index contributed by atoms with van der Waals surface area (Å²) in [7, 11) is 0. The van der Waals surface area contributed by atoms with Crippen LogP contribution in [-0.4, -0.2) is 47.8 Å². The summed E-state index contributed by atoms with van der Waals surface area (Å²) in [5, 5.41) is 3.54. The number of nitrogens with zero attached hydrogens (tertiary/aromatic N) is 1. The number of likely N-dealkylation sites (N-methyl/N-ethyl adjacent to an activating group) is 1. The van der Waals surface area contributed by atoms with Crippen molar-refractivity contribution >= 4 is 0 Å². The van der Waals surface area contributed by atoms with Crippen molar-refractivity contribution in [3.8, 4) is 0 Å². The molecule has 0 aliphatic carbocycles. The number of piperidine rings is 1. The van der Waals surface area contributed by atoms with Crippen molar-refractivity contribution in [2.45, 2.75) is 77.2 Å². The van der Waals surface area contributed by atoms with Gasteiger partial charge in [0.1, 0.15) is 0 Å². The minimum Gasteiger partial charge on any atom is -0.368 e. The number of rotatable bonds is 3. The Kier molecular flexibility index (Phi) is 4.05. The average molecular weight is 254 g/mol. The van der Waals surface area contributed by atoms with E-state index in [1.807, 2.05) is 0 Å². The lowest BCUT2D eigenvalue weighted by molar-refractivity contribution is -0.0844. The van der Waals surface area contributed by atoms with Crippen LogP contribution in [0.5, 0.6) is 0 Å². The van der Waals surface area contributed by atoms with Crippen LogP contribution in [0.1, 0.15) is 53.9 Å². The van der Waals surface area contributed by atoms with Gasteiger partial charge in [-0.3, -0.25) is 4.90 Å². The van der Waals surface area contributed by atoms with Gasteiger partial charge in [-0.25, -0.2) is 0 Å². The summed E-state index contributed by atoms with van der Waals surface area (Å²) in [6, 6.07) is 1.23. The van der Waals surface area contributed by atoms with E-state index in [9.17, 15) is 0 Å². The first-order chi connectivity index (χ1) is 8.36. The van der Waals surface area contributed by atoms with Crippen molar-refractivity contribution < 1.29 is 4.74 Å². The van der Waals surface area contributed by atoms with E-state index in [2.05, 4.69) is 44.8 Å². The summed E-state index contributed by atoms with van der Waals surface area (Å²) in [4.78, 5) is 2.68. The van der Waals surface area contributed by atoms with Gasteiger partial charge in [-0.15, -0.1) is 0 Å². The molecule has 2 unspecified atom stereocenters. The first kappa shape index (κ1) is 14.3. The van der Waals surface area contributed by atoms with E-state index < -0.39 is 0 Å². The maximum absolute atomic E-state index is 6.26. The topological polar surface area (TPSA) is 24.5 Å². The second-order valence-electron chi connectivity index (χ2n) is 7.02. The molecule has 2 aliphatic rings. The molecular weight excluding hydrogens is 224 g/mol. The van der Waals surface area contributed by atoms with Crippen molar-refractivity contribution in [1.82, 2.24) is 10.2 Å². The normalized spacial score (nSPS) is 35.0. The van der Waals surface area contributed by atoms with Crippen LogP contribution in [0.4, 0.5) is 0 Å². The maximum atomic E-state index is 6.26. The van der Waals surface area contributed by atoms with Crippen molar-refractivity contribution in [3.63, 3.8) is 0 Å². The summed E-state index contributed by atoms with van der Waals surface area (Å²) in [6.45, 7) is 14.7. The van der Waals surface area contributed by atoms with E-state index in [0.717, 1.165) is 19.5 Å². The molecule has 2 rings (SSSR count). The predicted molar refractivity (Wildman–Crippen MR) is 75.9 cm³/mol. The Balaban J connectivity index is 2.11. The monoisotopic (exact) mass is 254 g/mol. The van der Waals surface area contributed by atoms with E-state index in [1.54, 1.807) is 0 Å². The van der Waals surface area contributed by atoms with Gasteiger partial charge in [0.15, 0.2) is 0 Å². The van der Waals surface area contributed by atoms with Gasteiger partial charge in [-0.2, -0.15) is 0 Å². The number of nitrogens with one attached hydrogen (secondary N) is 1. The quantitative estimate of drug-likeness (QED) is 0.837. The van der Waals surface area contributed by atoms with Gasteiger partial charge in [0.05, 0.1) is 11.2 Å². The third-order valence-electron chi connectivity index (χ3n) is 4.53. The van der Waals surface area contributed by atoms with Gasteiger partial charge in [0, 0.05) is 18.6 Å². The van der Waals surface area contributed by atoms with E-state index in [0.29, 0.717) is 12.1 Å². The molecule has 3 nitrogen and oxygen atoms in total. The lowest BCUT2D eigenvalue weighted by Gasteiger charge is -2.42. The fraction of sp³-hybridized carbons (Fsp3) is 1.00. The van der Waals surface area contributed by atoms with Crippen LogP contribution >= 0.6 is 0 Å².